The van der Waals surface area contributed by atoms with Crippen molar-refractivity contribution < 1.29 is 15.3 Å². The normalized spacial score (nSPS) is 41.2. The highest BCUT2D eigenvalue weighted by molar-refractivity contribution is 5.48. The van der Waals surface area contributed by atoms with Gasteiger partial charge in [-0.3, -0.25) is 0 Å². The van der Waals surface area contributed by atoms with Gasteiger partial charge in [0.25, 0.3) is 0 Å². The van der Waals surface area contributed by atoms with Crippen molar-refractivity contribution in [3.05, 3.63) is 23.3 Å². The Morgan fingerprint density at radius 1 is 1.05 bits per heavy atom. The van der Waals surface area contributed by atoms with Crippen molar-refractivity contribution in [1.29, 1.82) is 0 Å². The number of benzene rings is 1. The molecular formula is C18H24O3. The predicted octanol–water partition coefficient (Wildman–Crippen LogP) is 3.31. The first-order chi connectivity index (χ1) is 10.0. The molecule has 0 aliphatic heterocycles. The van der Waals surface area contributed by atoms with Gasteiger partial charge in [0.05, 0.1) is 6.10 Å². The fourth-order valence-corrected chi connectivity index (χ4v) is 5.57. The molecule has 3 nitrogen and oxygen atoms in total. The second kappa shape index (κ2) is 4.39. The standard InChI is InChI=1S/C18H24O3/c1-18-7-6-11-12(14(18)4-5-17(18)21)3-2-10-8-15(19)16(20)9-13(10)11/h8-9,11-12,14,17,19-21H,2-7H2,1H3/t11-,12+,14+,17+,18+/m1/s1. The Bertz CT molecular complexity index is 582. The van der Waals surface area contributed by atoms with Gasteiger partial charge in [-0.15, -0.1) is 0 Å². The summed E-state index contributed by atoms with van der Waals surface area (Å²) < 4.78 is 0. The van der Waals surface area contributed by atoms with Crippen LogP contribution in [0.1, 0.15) is 56.1 Å². The zero-order valence-electron chi connectivity index (χ0n) is 12.5. The zero-order valence-corrected chi connectivity index (χ0v) is 12.5. The van der Waals surface area contributed by atoms with Gasteiger partial charge < -0.3 is 15.3 Å². The Labute approximate surface area is 125 Å². The van der Waals surface area contributed by atoms with Crippen LogP contribution in [0.3, 0.4) is 0 Å². The van der Waals surface area contributed by atoms with Crippen molar-refractivity contribution in [2.24, 2.45) is 17.3 Å². The van der Waals surface area contributed by atoms with Crippen molar-refractivity contribution in [3.63, 3.8) is 0 Å². The Balaban J connectivity index is 1.73. The molecule has 3 aliphatic rings. The molecule has 3 heteroatoms. The minimum absolute atomic E-state index is 0.00383. The Hall–Kier alpha value is -1.22. The second-order valence-corrected chi connectivity index (χ2v) is 7.59. The van der Waals surface area contributed by atoms with Crippen LogP contribution < -0.4 is 0 Å². The maximum atomic E-state index is 10.4. The van der Waals surface area contributed by atoms with Crippen molar-refractivity contribution in [2.45, 2.75) is 57.5 Å². The van der Waals surface area contributed by atoms with Crippen LogP contribution in [-0.4, -0.2) is 21.4 Å². The summed E-state index contributed by atoms with van der Waals surface area (Å²) in [4.78, 5) is 0. The van der Waals surface area contributed by atoms with Crippen molar-refractivity contribution in [2.75, 3.05) is 0 Å². The molecule has 0 aromatic heterocycles. The number of hydrogen-bond acceptors (Lipinski definition) is 3. The molecule has 114 valence electrons. The lowest BCUT2D eigenvalue weighted by molar-refractivity contribution is -0.0226. The summed E-state index contributed by atoms with van der Waals surface area (Å²) in [5.41, 5.74) is 2.54. The molecule has 0 radical (unpaired) electrons. The summed E-state index contributed by atoms with van der Waals surface area (Å²) in [7, 11) is 0. The zero-order chi connectivity index (χ0) is 14.8. The van der Waals surface area contributed by atoms with Gasteiger partial charge in [0.2, 0.25) is 0 Å². The number of fused-ring (bicyclic) bond motifs is 5. The molecule has 0 unspecified atom stereocenters. The molecular weight excluding hydrogens is 264 g/mol. The highest BCUT2D eigenvalue weighted by Crippen LogP contribution is 2.61. The minimum atomic E-state index is -0.141. The van der Waals surface area contributed by atoms with Gasteiger partial charge in [-0.2, -0.15) is 0 Å². The van der Waals surface area contributed by atoms with E-state index in [1.807, 2.05) is 0 Å². The molecule has 2 fully saturated rings. The topological polar surface area (TPSA) is 60.7 Å². The summed E-state index contributed by atoms with van der Waals surface area (Å²) in [6.45, 7) is 2.27. The van der Waals surface area contributed by atoms with E-state index in [0.717, 1.165) is 38.5 Å². The summed E-state index contributed by atoms with van der Waals surface area (Å²) in [6, 6.07) is 3.54. The number of hydrogen-bond donors (Lipinski definition) is 3. The molecule has 3 N–H and O–H groups in total. The van der Waals surface area contributed by atoms with E-state index in [-0.39, 0.29) is 23.0 Å². The fourth-order valence-electron chi connectivity index (χ4n) is 5.57. The van der Waals surface area contributed by atoms with E-state index in [1.165, 1.54) is 11.1 Å². The smallest absolute Gasteiger partial charge is 0.157 e. The van der Waals surface area contributed by atoms with Crippen LogP contribution in [0.4, 0.5) is 0 Å². The third kappa shape index (κ3) is 1.76. The van der Waals surface area contributed by atoms with Crippen LogP contribution in [0.25, 0.3) is 0 Å². The largest absolute Gasteiger partial charge is 0.504 e. The van der Waals surface area contributed by atoms with E-state index in [1.54, 1.807) is 12.1 Å². The Morgan fingerprint density at radius 3 is 2.62 bits per heavy atom. The molecule has 0 spiro atoms. The maximum absolute atomic E-state index is 10.4. The van der Waals surface area contributed by atoms with Crippen LogP contribution in [-0.2, 0) is 6.42 Å². The number of rotatable bonds is 0. The first-order valence-electron chi connectivity index (χ1n) is 8.23. The average molecular weight is 288 g/mol. The van der Waals surface area contributed by atoms with Crippen LogP contribution in [0, 0.1) is 17.3 Å². The third-order valence-corrected chi connectivity index (χ3v) is 6.77. The lowest BCUT2D eigenvalue weighted by atomic mass is 9.55. The van der Waals surface area contributed by atoms with E-state index in [4.69, 9.17) is 0 Å². The van der Waals surface area contributed by atoms with Gasteiger partial charge in [0.15, 0.2) is 11.5 Å². The first kappa shape index (κ1) is 13.4. The molecule has 2 saturated carbocycles. The van der Waals surface area contributed by atoms with E-state index < -0.39 is 0 Å². The van der Waals surface area contributed by atoms with Crippen LogP contribution in [0.2, 0.25) is 0 Å². The number of aryl methyl sites for hydroxylation is 1. The van der Waals surface area contributed by atoms with Crippen LogP contribution in [0.5, 0.6) is 11.5 Å². The van der Waals surface area contributed by atoms with E-state index in [9.17, 15) is 15.3 Å². The van der Waals surface area contributed by atoms with Crippen molar-refractivity contribution in [3.8, 4) is 11.5 Å². The quantitative estimate of drug-likeness (QED) is 0.642. The molecule has 0 saturated heterocycles. The highest BCUT2D eigenvalue weighted by atomic mass is 16.3. The van der Waals surface area contributed by atoms with Gasteiger partial charge in [0, 0.05) is 0 Å². The molecule has 1 aromatic carbocycles. The third-order valence-electron chi connectivity index (χ3n) is 6.77. The molecule has 4 rings (SSSR count). The van der Waals surface area contributed by atoms with Crippen molar-refractivity contribution >= 4 is 0 Å². The molecule has 3 aliphatic carbocycles. The minimum Gasteiger partial charge on any atom is -0.504 e. The molecule has 0 bridgehead atoms. The van der Waals surface area contributed by atoms with Crippen LogP contribution in [0.15, 0.2) is 12.1 Å². The summed E-state index contributed by atoms with van der Waals surface area (Å²) >= 11 is 0. The van der Waals surface area contributed by atoms with Gasteiger partial charge in [0.1, 0.15) is 0 Å². The van der Waals surface area contributed by atoms with E-state index in [2.05, 4.69) is 6.92 Å². The van der Waals surface area contributed by atoms with Gasteiger partial charge in [-0.1, -0.05) is 6.92 Å². The molecule has 0 heterocycles. The van der Waals surface area contributed by atoms with Crippen molar-refractivity contribution in [1.82, 2.24) is 0 Å². The number of aliphatic hydroxyl groups excluding tert-OH is 1. The number of phenolic OH excluding ortho intramolecular Hbond substituents is 2. The molecule has 5 atom stereocenters. The second-order valence-electron chi connectivity index (χ2n) is 7.59. The fraction of sp³-hybridized carbons (Fsp3) is 0.667. The van der Waals surface area contributed by atoms with E-state index in [0.29, 0.717) is 17.8 Å². The maximum Gasteiger partial charge on any atom is 0.157 e. The summed E-state index contributed by atoms with van der Waals surface area (Å²) in [5.74, 6) is 1.73. The van der Waals surface area contributed by atoms with Crippen LogP contribution >= 0.6 is 0 Å². The van der Waals surface area contributed by atoms with Gasteiger partial charge in [-0.05, 0) is 85.0 Å². The molecule has 21 heavy (non-hydrogen) atoms. The SMILES string of the molecule is C[C@]12CC[C@H]3c4cc(O)c(O)cc4CC[C@@H]3[C@@H]1CC[C@@H]2O. The Kier molecular flexibility index (Phi) is 2.81. The number of aromatic hydroxyl groups is 2. The summed E-state index contributed by atoms with van der Waals surface area (Å²) in [5, 5.41) is 29.9. The first-order valence-corrected chi connectivity index (χ1v) is 8.23. The monoisotopic (exact) mass is 288 g/mol. The predicted molar refractivity (Wildman–Crippen MR) is 80.4 cm³/mol. The average Bonchev–Trinajstić information content (AvgIpc) is 2.76. The lowest BCUT2D eigenvalue weighted by Gasteiger charge is -2.50. The summed E-state index contributed by atoms with van der Waals surface area (Å²) in [6.07, 6.45) is 6.23. The lowest BCUT2D eigenvalue weighted by Crippen LogP contribution is -2.43. The van der Waals surface area contributed by atoms with Gasteiger partial charge >= 0.3 is 0 Å². The van der Waals surface area contributed by atoms with E-state index >= 15 is 0 Å². The van der Waals surface area contributed by atoms with Gasteiger partial charge in [-0.25, -0.2) is 0 Å². The molecule has 0 amide bonds. The Morgan fingerprint density at radius 2 is 1.81 bits per heavy atom. The number of aliphatic hydroxyl groups is 1. The highest BCUT2D eigenvalue weighted by Gasteiger charge is 2.54. The number of phenols is 2. The molecule has 1 aromatic rings.